The van der Waals surface area contributed by atoms with Gasteiger partial charge in [-0.15, -0.1) is 0 Å². The predicted octanol–water partition coefficient (Wildman–Crippen LogP) is 2.67. The average molecular weight is 364 g/mol. The van der Waals surface area contributed by atoms with Crippen molar-refractivity contribution in [1.29, 1.82) is 0 Å². The maximum Gasteiger partial charge on any atom is 0.226 e. The number of nitrogens with one attached hydrogen (secondary N) is 1. The first-order valence-electron chi connectivity index (χ1n) is 9.75. The smallest absolute Gasteiger partial charge is 0.226 e. The van der Waals surface area contributed by atoms with Gasteiger partial charge in [0.1, 0.15) is 0 Å². The topological polar surface area (TPSA) is 53.2 Å². The van der Waals surface area contributed by atoms with Crippen molar-refractivity contribution in [2.24, 2.45) is 5.92 Å². The van der Waals surface area contributed by atoms with E-state index in [1.807, 2.05) is 30.0 Å². The van der Waals surface area contributed by atoms with Crippen LogP contribution in [0.25, 0.3) is 12.2 Å². The number of hydrogen-bond acceptors (Lipinski definition) is 2. The van der Waals surface area contributed by atoms with Gasteiger partial charge < -0.3 is 9.88 Å². The van der Waals surface area contributed by atoms with Crippen molar-refractivity contribution in [3.63, 3.8) is 0 Å². The van der Waals surface area contributed by atoms with Crippen LogP contribution >= 0.6 is 0 Å². The van der Waals surface area contributed by atoms with Crippen LogP contribution in [0.3, 0.4) is 0 Å². The molecule has 4 heteroatoms. The molecular weight excluding hydrogens is 336 g/mol. The van der Waals surface area contributed by atoms with Crippen molar-refractivity contribution in [3.05, 3.63) is 58.2 Å². The molecule has 1 aliphatic heterocycles. The SMILES string of the molecule is C/C=c1/c(C(C)=O)c[nH]/c1=C/CC(=O)N1CCC(Cc2ccccc2)CC1. The van der Waals surface area contributed by atoms with Crippen LogP contribution in [-0.4, -0.2) is 34.7 Å². The van der Waals surface area contributed by atoms with Crippen molar-refractivity contribution in [3.8, 4) is 0 Å². The summed E-state index contributed by atoms with van der Waals surface area (Å²) in [4.78, 5) is 29.3. The lowest BCUT2D eigenvalue weighted by atomic mass is 9.90. The molecule has 0 unspecified atom stereocenters. The summed E-state index contributed by atoms with van der Waals surface area (Å²) >= 11 is 0. The number of H-pyrrole nitrogens is 1. The Morgan fingerprint density at radius 1 is 1.19 bits per heavy atom. The van der Waals surface area contributed by atoms with Gasteiger partial charge in [-0.3, -0.25) is 9.59 Å². The van der Waals surface area contributed by atoms with Gasteiger partial charge in [0.2, 0.25) is 5.91 Å². The minimum absolute atomic E-state index is 0.0332. The lowest BCUT2D eigenvalue weighted by Gasteiger charge is -2.32. The van der Waals surface area contributed by atoms with Gasteiger partial charge in [-0.2, -0.15) is 0 Å². The number of amides is 1. The van der Waals surface area contributed by atoms with Crippen LogP contribution < -0.4 is 10.6 Å². The van der Waals surface area contributed by atoms with Crippen molar-refractivity contribution in [2.45, 2.75) is 39.5 Å². The van der Waals surface area contributed by atoms with Crippen molar-refractivity contribution in [2.75, 3.05) is 13.1 Å². The number of carbonyl (C=O) groups excluding carboxylic acids is 2. The third-order valence-electron chi connectivity index (χ3n) is 5.44. The molecule has 142 valence electrons. The van der Waals surface area contributed by atoms with Crippen LogP contribution in [0.15, 0.2) is 36.5 Å². The number of aromatic amines is 1. The van der Waals surface area contributed by atoms with Crippen LogP contribution in [0, 0.1) is 5.92 Å². The zero-order chi connectivity index (χ0) is 19.2. The van der Waals surface area contributed by atoms with Crippen LogP contribution in [0.2, 0.25) is 0 Å². The summed E-state index contributed by atoms with van der Waals surface area (Å²) in [6.07, 6.45) is 9.13. The third-order valence-corrected chi connectivity index (χ3v) is 5.44. The quantitative estimate of drug-likeness (QED) is 0.830. The summed E-state index contributed by atoms with van der Waals surface area (Å²) in [6, 6.07) is 10.6. The first-order chi connectivity index (χ1) is 13.1. The number of likely N-dealkylation sites (tertiary alicyclic amines) is 1. The highest BCUT2D eigenvalue weighted by molar-refractivity contribution is 5.94. The van der Waals surface area contributed by atoms with E-state index in [4.69, 9.17) is 0 Å². The van der Waals surface area contributed by atoms with E-state index in [0.717, 1.165) is 42.9 Å². The van der Waals surface area contributed by atoms with Gasteiger partial charge in [0, 0.05) is 41.8 Å². The minimum atomic E-state index is 0.0332. The van der Waals surface area contributed by atoms with Gasteiger partial charge in [0.15, 0.2) is 5.78 Å². The van der Waals surface area contributed by atoms with E-state index >= 15 is 0 Å². The van der Waals surface area contributed by atoms with Gasteiger partial charge in [0.05, 0.1) is 0 Å². The van der Waals surface area contributed by atoms with Crippen molar-refractivity contribution in [1.82, 2.24) is 9.88 Å². The molecule has 0 saturated carbocycles. The monoisotopic (exact) mass is 364 g/mol. The largest absolute Gasteiger partial charge is 0.361 e. The van der Waals surface area contributed by atoms with E-state index in [1.165, 1.54) is 5.56 Å². The molecule has 1 aliphatic rings. The second-order valence-corrected chi connectivity index (χ2v) is 7.30. The molecule has 1 fully saturated rings. The number of piperidine rings is 1. The van der Waals surface area contributed by atoms with Gasteiger partial charge in [-0.1, -0.05) is 42.5 Å². The molecular formula is C23H28N2O2. The molecule has 4 nitrogen and oxygen atoms in total. The lowest BCUT2D eigenvalue weighted by molar-refractivity contribution is -0.131. The second-order valence-electron chi connectivity index (χ2n) is 7.30. The van der Waals surface area contributed by atoms with E-state index in [2.05, 4.69) is 29.2 Å². The number of nitrogens with zero attached hydrogens (tertiary/aromatic N) is 1. The Bertz CT molecular complexity index is 904. The molecule has 27 heavy (non-hydrogen) atoms. The molecule has 0 atom stereocenters. The van der Waals surface area contributed by atoms with Crippen LogP contribution in [0.5, 0.6) is 0 Å². The molecule has 1 aromatic carbocycles. The normalized spacial score (nSPS) is 16.7. The Morgan fingerprint density at radius 3 is 2.52 bits per heavy atom. The number of ketones is 1. The Morgan fingerprint density at radius 2 is 1.89 bits per heavy atom. The fourth-order valence-corrected chi connectivity index (χ4v) is 3.87. The highest BCUT2D eigenvalue weighted by Gasteiger charge is 2.22. The number of rotatable bonds is 5. The Balaban J connectivity index is 1.57. The highest BCUT2D eigenvalue weighted by atomic mass is 16.2. The van der Waals surface area contributed by atoms with Crippen LogP contribution in [0.1, 0.15) is 49.0 Å². The Kier molecular flexibility index (Phi) is 6.28. The molecule has 1 aromatic heterocycles. The summed E-state index contributed by atoms with van der Waals surface area (Å²) in [6.45, 7) is 5.14. The van der Waals surface area contributed by atoms with Gasteiger partial charge >= 0.3 is 0 Å². The van der Waals surface area contributed by atoms with Crippen molar-refractivity contribution < 1.29 is 9.59 Å². The molecule has 0 aliphatic carbocycles. The minimum Gasteiger partial charge on any atom is -0.361 e. The van der Waals surface area contributed by atoms with E-state index in [1.54, 1.807) is 13.1 Å². The summed E-state index contributed by atoms with van der Waals surface area (Å²) in [5.74, 6) is 0.850. The van der Waals surface area contributed by atoms with E-state index in [0.29, 0.717) is 17.9 Å². The molecule has 0 spiro atoms. The van der Waals surface area contributed by atoms with Crippen LogP contribution in [-0.2, 0) is 11.2 Å². The van der Waals surface area contributed by atoms with E-state index in [9.17, 15) is 9.59 Å². The fourth-order valence-electron chi connectivity index (χ4n) is 3.87. The van der Waals surface area contributed by atoms with Gasteiger partial charge in [-0.05, 0) is 44.6 Å². The second kappa shape index (κ2) is 8.85. The lowest BCUT2D eigenvalue weighted by Crippen LogP contribution is -2.39. The predicted molar refractivity (Wildman–Crippen MR) is 109 cm³/mol. The van der Waals surface area contributed by atoms with Gasteiger partial charge in [-0.25, -0.2) is 0 Å². The van der Waals surface area contributed by atoms with Gasteiger partial charge in [0.25, 0.3) is 0 Å². The zero-order valence-corrected chi connectivity index (χ0v) is 16.2. The molecule has 1 amide bonds. The molecule has 2 aromatic rings. The van der Waals surface area contributed by atoms with Crippen molar-refractivity contribution >= 4 is 23.8 Å². The summed E-state index contributed by atoms with van der Waals surface area (Å²) in [7, 11) is 0. The summed E-state index contributed by atoms with van der Waals surface area (Å²) in [5.41, 5.74) is 2.06. The number of Topliss-reactive ketones (excluding diaryl/α,β-unsaturated/α-hetero) is 1. The molecule has 0 bridgehead atoms. The summed E-state index contributed by atoms with van der Waals surface area (Å²) < 4.78 is 0. The molecule has 2 heterocycles. The Hall–Kier alpha value is -2.62. The summed E-state index contributed by atoms with van der Waals surface area (Å²) in [5, 5.41) is 1.74. The number of benzene rings is 1. The number of hydrogen-bond donors (Lipinski definition) is 1. The molecule has 3 rings (SSSR count). The molecule has 1 saturated heterocycles. The molecule has 0 radical (unpaired) electrons. The van der Waals surface area contributed by atoms with E-state index < -0.39 is 0 Å². The Labute approximate surface area is 160 Å². The maximum atomic E-state index is 12.6. The number of carbonyl (C=O) groups is 2. The van der Waals surface area contributed by atoms with Crippen LogP contribution in [0.4, 0.5) is 0 Å². The molecule has 1 N–H and O–H groups in total. The van der Waals surface area contributed by atoms with E-state index in [-0.39, 0.29) is 11.7 Å². The third kappa shape index (κ3) is 4.76. The first-order valence-corrected chi connectivity index (χ1v) is 9.75. The zero-order valence-electron chi connectivity index (χ0n) is 16.2. The highest BCUT2D eigenvalue weighted by Crippen LogP contribution is 2.22. The average Bonchev–Trinajstić information content (AvgIpc) is 3.11. The standard InChI is InChI=1S/C23H28N2O2/c1-3-20-21(17(2)26)16-24-22(20)9-10-23(27)25-13-11-19(12-14-25)15-18-7-5-4-6-8-18/h3-9,16,19,24H,10-15H2,1-2H3/b20-3-,22-9+. The number of aromatic nitrogens is 1. The maximum absolute atomic E-state index is 12.6. The first kappa shape index (κ1) is 19.2. The fraction of sp³-hybridized carbons (Fsp3) is 0.391.